The Morgan fingerprint density at radius 2 is 1.85 bits per heavy atom. The maximum Gasteiger partial charge on any atom is 0.139 e. The van der Waals surface area contributed by atoms with E-state index in [2.05, 4.69) is 20.8 Å². The highest BCUT2D eigenvalue weighted by Gasteiger charge is 2.61. The highest BCUT2D eigenvalue weighted by atomic mass is 16.1. The van der Waals surface area contributed by atoms with Crippen molar-refractivity contribution in [2.45, 2.75) is 40.0 Å². The zero-order chi connectivity index (χ0) is 10.3. The fraction of sp³-hybridized carbons (Fsp3) is 0.818. The lowest BCUT2D eigenvalue weighted by molar-refractivity contribution is -0.128. The lowest BCUT2D eigenvalue weighted by atomic mass is 9.70. The number of ketones is 1. The van der Waals surface area contributed by atoms with Gasteiger partial charge in [0.2, 0.25) is 0 Å². The standard InChI is InChI=1S/C10H16O.CH2O/c1-9(2)7-4-5-10(9,3)8(11)6-7;1-2/h7H,4-6H2,1-3H3;1H2. The van der Waals surface area contributed by atoms with Gasteiger partial charge in [0.25, 0.3) is 0 Å². The molecule has 2 rings (SSSR count). The van der Waals surface area contributed by atoms with Crippen LogP contribution in [0.1, 0.15) is 40.0 Å². The third kappa shape index (κ3) is 1.07. The Hall–Kier alpha value is -0.660. The van der Waals surface area contributed by atoms with E-state index in [9.17, 15) is 4.79 Å². The van der Waals surface area contributed by atoms with E-state index in [0.29, 0.717) is 11.7 Å². The van der Waals surface area contributed by atoms with Gasteiger partial charge in [-0.1, -0.05) is 20.8 Å². The molecule has 2 heteroatoms. The van der Waals surface area contributed by atoms with Crippen LogP contribution in [0, 0.1) is 16.7 Å². The molecule has 0 aromatic rings. The minimum atomic E-state index is 0.0255. The molecule has 0 aromatic carbocycles. The van der Waals surface area contributed by atoms with Gasteiger partial charge in [-0.2, -0.15) is 0 Å². The lowest BCUT2D eigenvalue weighted by Gasteiger charge is -2.32. The van der Waals surface area contributed by atoms with Gasteiger partial charge in [-0.3, -0.25) is 4.79 Å². The van der Waals surface area contributed by atoms with E-state index in [1.165, 1.54) is 6.42 Å². The highest BCUT2D eigenvalue weighted by Crippen LogP contribution is 2.63. The second kappa shape index (κ2) is 2.93. The zero-order valence-corrected chi connectivity index (χ0v) is 8.72. The van der Waals surface area contributed by atoms with Gasteiger partial charge in [-0.25, -0.2) is 0 Å². The average Bonchev–Trinajstić information content (AvgIpc) is 2.41. The molecule has 0 saturated heterocycles. The van der Waals surface area contributed by atoms with Crippen molar-refractivity contribution in [3.63, 3.8) is 0 Å². The van der Waals surface area contributed by atoms with Crippen LogP contribution in [0.3, 0.4) is 0 Å². The molecular formula is C11H18O2. The summed E-state index contributed by atoms with van der Waals surface area (Å²) in [6.07, 6.45) is 3.25. The van der Waals surface area contributed by atoms with Crippen molar-refractivity contribution in [3.8, 4) is 0 Å². The molecule has 13 heavy (non-hydrogen) atoms. The topological polar surface area (TPSA) is 34.1 Å². The van der Waals surface area contributed by atoms with Crippen LogP contribution in [0.15, 0.2) is 0 Å². The molecular weight excluding hydrogens is 164 g/mol. The monoisotopic (exact) mass is 182 g/mol. The first-order chi connectivity index (χ1) is 5.98. The third-order valence-electron chi connectivity index (χ3n) is 4.48. The predicted molar refractivity (Wildman–Crippen MR) is 51.4 cm³/mol. The minimum absolute atomic E-state index is 0.0255. The summed E-state index contributed by atoms with van der Waals surface area (Å²) in [6, 6.07) is 0. The van der Waals surface area contributed by atoms with Gasteiger partial charge in [0.15, 0.2) is 0 Å². The smallest absolute Gasteiger partial charge is 0.139 e. The van der Waals surface area contributed by atoms with Crippen molar-refractivity contribution in [2.75, 3.05) is 0 Å². The maximum absolute atomic E-state index is 11.6. The van der Waals surface area contributed by atoms with Crippen LogP contribution in [0.5, 0.6) is 0 Å². The molecule has 2 aliphatic rings. The molecule has 2 atom stereocenters. The molecule has 2 aliphatic carbocycles. The van der Waals surface area contributed by atoms with Gasteiger partial charge in [-0.05, 0) is 24.2 Å². The quantitative estimate of drug-likeness (QED) is 0.575. The molecule has 2 nitrogen and oxygen atoms in total. The summed E-state index contributed by atoms with van der Waals surface area (Å²) in [6.45, 7) is 8.67. The summed E-state index contributed by atoms with van der Waals surface area (Å²) in [5, 5.41) is 0. The first-order valence-electron chi connectivity index (χ1n) is 4.81. The number of hydrogen-bond acceptors (Lipinski definition) is 2. The Balaban J connectivity index is 0.000000396. The van der Waals surface area contributed by atoms with Crippen molar-refractivity contribution < 1.29 is 9.59 Å². The normalized spacial score (nSPS) is 39.9. The van der Waals surface area contributed by atoms with Crippen molar-refractivity contribution in [1.29, 1.82) is 0 Å². The molecule has 0 aromatic heterocycles. The number of Topliss-reactive ketones (excluding diaryl/α,β-unsaturated/α-hetero) is 1. The maximum atomic E-state index is 11.6. The predicted octanol–water partition coefficient (Wildman–Crippen LogP) is 2.22. The van der Waals surface area contributed by atoms with Crippen LogP contribution in [0.4, 0.5) is 0 Å². The second-order valence-corrected chi connectivity index (χ2v) is 4.92. The summed E-state index contributed by atoms with van der Waals surface area (Å²) in [7, 11) is 0. The van der Waals surface area contributed by atoms with E-state index in [1.807, 2.05) is 6.79 Å². The van der Waals surface area contributed by atoms with Crippen molar-refractivity contribution in [2.24, 2.45) is 16.7 Å². The molecule has 2 unspecified atom stereocenters. The van der Waals surface area contributed by atoms with Crippen molar-refractivity contribution >= 4 is 12.6 Å². The average molecular weight is 182 g/mol. The molecule has 0 spiro atoms. The van der Waals surface area contributed by atoms with Crippen molar-refractivity contribution in [3.05, 3.63) is 0 Å². The first kappa shape index (κ1) is 10.4. The van der Waals surface area contributed by atoms with E-state index in [1.54, 1.807) is 0 Å². The number of carbonyl (C=O) groups is 2. The fourth-order valence-corrected chi connectivity index (χ4v) is 2.90. The molecule has 0 heterocycles. The van der Waals surface area contributed by atoms with Gasteiger partial charge in [-0.15, -0.1) is 0 Å². The van der Waals surface area contributed by atoms with E-state index in [-0.39, 0.29) is 10.8 Å². The molecule has 74 valence electrons. The summed E-state index contributed by atoms with van der Waals surface area (Å²) in [5.74, 6) is 1.19. The number of carbonyl (C=O) groups excluding carboxylic acids is 2. The number of rotatable bonds is 0. The summed E-state index contributed by atoms with van der Waals surface area (Å²) >= 11 is 0. The Labute approximate surface area is 79.7 Å². The summed E-state index contributed by atoms with van der Waals surface area (Å²) in [4.78, 5) is 19.6. The van der Waals surface area contributed by atoms with Gasteiger partial charge >= 0.3 is 0 Å². The van der Waals surface area contributed by atoms with Crippen LogP contribution in [0.25, 0.3) is 0 Å². The Kier molecular flexibility index (Phi) is 2.35. The number of fused-ring (bicyclic) bond motifs is 2. The van der Waals surface area contributed by atoms with E-state index >= 15 is 0 Å². The van der Waals surface area contributed by atoms with Crippen molar-refractivity contribution in [1.82, 2.24) is 0 Å². The van der Waals surface area contributed by atoms with E-state index in [4.69, 9.17) is 4.79 Å². The van der Waals surface area contributed by atoms with Gasteiger partial charge in [0.05, 0.1) is 0 Å². The van der Waals surface area contributed by atoms with Crippen LogP contribution in [-0.2, 0) is 9.59 Å². The van der Waals surface area contributed by atoms with Gasteiger partial charge in [0.1, 0.15) is 12.6 Å². The molecule has 0 aliphatic heterocycles. The van der Waals surface area contributed by atoms with Gasteiger partial charge < -0.3 is 4.79 Å². The van der Waals surface area contributed by atoms with E-state index < -0.39 is 0 Å². The van der Waals surface area contributed by atoms with Gasteiger partial charge in [0, 0.05) is 11.8 Å². The second-order valence-electron chi connectivity index (χ2n) is 4.92. The molecule has 0 amide bonds. The molecule has 2 fully saturated rings. The Morgan fingerprint density at radius 1 is 1.31 bits per heavy atom. The first-order valence-corrected chi connectivity index (χ1v) is 4.81. The van der Waals surface area contributed by atoms with Crippen LogP contribution < -0.4 is 0 Å². The van der Waals surface area contributed by atoms with Crippen LogP contribution in [-0.4, -0.2) is 12.6 Å². The number of hydrogen-bond donors (Lipinski definition) is 0. The highest BCUT2D eigenvalue weighted by molar-refractivity contribution is 5.89. The molecule has 0 radical (unpaired) electrons. The van der Waals surface area contributed by atoms with E-state index in [0.717, 1.165) is 12.8 Å². The molecule has 2 saturated carbocycles. The fourth-order valence-electron chi connectivity index (χ4n) is 2.90. The third-order valence-corrected chi connectivity index (χ3v) is 4.48. The van der Waals surface area contributed by atoms with Crippen LogP contribution >= 0.6 is 0 Å². The van der Waals surface area contributed by atoms with Crippen LogP contribution in [0.2, 0.25) is 0 Å². The lowest BCUT2D eigenvalue weighted by Crippen LogP contribution is -2.32. The zero-order valence-electron chi connectivity index (χ0n) is 8.72. The summed E-state index contributed by atoms with van der Waals surface area (Å²) in [5.41, 5.74) is 0.307. The molecule has 2 bridgehead atoms. The largest absolute Gasteiger partial charge is 0.307 e. The Bertz CT molecular complexity index is 232. The summed E-state index contributed by atoms with van der Waals surface area (Å²) < 4.78 is 0. The molecule has 0 N–H and O–H groups in total. The minimum Gasteiger partial charge on any atom is -0.307 e. The Morgan fingerprint density at radius 3 is 2.00 bits per heavy atom. The SMILES string of the molecule is C=O.CC12CCC(CC1=O)C2(C)C.